The lowest BCUT2D eigenvalue weighted by Gasteiger charge is -2.37. The minimum absolute atomic E-state index is 0.0459. The van der Waals surface area contributed by atoms with E-state index in [1.807, 2.05) is 63.8 Å². The van der Waals surface area contributed by atoms with Crippen LogP contribution in [0.5, 0.6) is 0 Å². The number of benzene rings is 1. The smallest absolute Gasteiger partial charge is 0.231 e. The van der Waals surface area contributed by atoms with Gasteiger partial charge in [0, 0.05) is 48.9 Å². The molecule has 0 unspecified atom stereocenters. The molecule has 1 fully saturated rings. The molecular formula is C20H30N4O2S. The van der Waals surface area contributed by atoms with Crippen LogP contribution >= 0.6 is 12.2 Å². The Hall–Kier alpha value is -2.15. The molecule has 0 atom stereocenters. The Morgan fingerprint density at radius 1 is 1.04 bits per heavy atom. The predicted octanol–water partition coefficient (Wildman–Crippen LogP) is 2.85. The zero-order valence-electron chi connectivity index (χ0n) is 16.8. The Balaban J connectivity index is 1.88. The number of piperazine rings is 1. The molecule has 27 heavy (non-hydrogen) atoms. The largest absolute Gasteiger partial charge is 0.368 e. The van der Waals surface area contributed by atoms with E-state index >= 15 is 0 Å². The molecule has 0 bridgehead atoms. The second kappa shape index (κ2) is 8.69. The van der Waals surface area contributed by atoms with Gasteiger partial charge in [-0.15, -0.1) is 0 Å². The quantitative estimate of drug-likeness (QED) is 0.777. The number of rotatable bonds is 3. The number of carbonyl (C=O) groups excluding carboxylic acids is 2. The average molecular weight is 391 g/mol. The van der Waals surface area contributed by atoms with E-state index in [9.17, 15) is 9.59 Å². The average Bonchev–Trinajstić information content (AvgIpc) is 2.61. The van der Waals surface area contributed by atoms with Crippen LogP contribution < -0.4 is 15.5 Å². The molecular weight excluding hydrogens is 360 g/mol. The Labute approximate surface area is 167 Å². The first kappa shape index (κ1) is 21.2. The number of amides is 2. The van der Waals surface area contributed by atoms with Crippen LogP contribution in [0.15, 0.2) is 24.3 Å². The molecule has 148 valence electrons. The van der Waals surface area contributed by atoms with Crippen molar-refractivity contribution in [2.75, 3.05) is 36.4 Å². The summed E-state index contributed by atoms with van der Waals surface area (Å²) < 4.78 is 0. The Morgan fingerprint density at radius 2 is 1.59 bits per heavy atom. The van der Waals surface area contributed by atoms with Crippen molar-refractivity contribution in [3.8, 4) is 0 Å². The van der Waals surface area contributed by atoms with Gasteiger partial charge in [0.05, 0.1) is 0 Å². The lowest BCUT2D eigenvalue weighted by atomic mass is 9.96. The number of anilines is 2. The summed E-state index contributed by atoms with van der Waals surface area (Å²) in [6.45, 7) is 12.6. The van der Waals surface area contributed by atoms with Gasteiger partial charge >= 0.3 is 0 Å². The molecule has 1 aliphatic rings. The SMILES string of the molecule is CC(C)C(=O)N1CCN(c2ccc(NC(=S)NC(=O)C(C)(C)C)cc2)CC1. The molecule has 0 radical (unpaired) electrons. The second-order valence-electron chi connectivity index (χ2n) is 8.17. The predicted molar refractivity (Wildman–Crippen MR) is 114 cm³/mol. The zero-order chi connectivity index (χ0) is 20.2. The van der Waals surface area contributed by atoms with Gasteiger partial charge in [0.2, 0.25) is 11.8 Å². The third kappa shape index (κ3) is 5.92. The van der Waals surface area contributed by atoms with Gasteiger partial charge in [-0.05, 0) is 36.5 Å². The van der Waals surface area contributed by atoms with E-state index in [2.05, 4.69) is 15.5 Å². The highest BCUT2D eigenvalue weighted by Gasteiger charge is 2.23. The third-order valence-electron chi connectivity index (χ3n) is 4.48. The minimum Gasteiger partial charge on any atom is -0.368 e. The van der Waals surface area contributed by atoms with Gasteiger partial charge in [0.25, 0.3) is 0 Å². The molecule has 2 rings (SSSR count). The fourth-order valence-corrected chi connectivity index (χ4v) is 2.97. The van der Waals surface area contributed by atoms with Gasteiger partial charge in [0.15, 0.2) is 5.11 Å². The Bertz CT molecular complexity index is 687. The number of thiocarbonyl (C=S) groups is 1. The molecule has 1 aliphatic heterocycles. The standard InChI is InChI=1S/C20H30N4O2S/c1-14(2)17(25)24-12-10-23(11-13-24)16-8-6-15(7-9-16)21-19(27)22-18(26)20(3,4)5/h6-9,14H,10-13H2,1-5H3,(H2,21,22,26,27). The number of nitrogens with one attached hydrogen (secondary N) is 2. The summed E-state index contributed by atoms with van der Waals surface area (Å²) >= 11 is 5.21. The topological polar surface area (TPSA) is 64.7 Å². The molecule has 1 heterocycles. The van der Waals surface area contributed by atoms with Crippen LogP contribution in [0, 0.1) is 11.3 Å². The van der Waals surface area contributed by atoms with E-state index in [-0.39, 0.29) is 17.7 Å². The van der Waals surface area contributed by atoms with E-state index in [0.29, 0.717) is 5.11 Å². The number of nitrogens with zero attached hydrogens (tertiary/aromatic N) is 2. The fourth-order valence-electron chi connectivity index (χ4n) is 2.76. The van der Waals surface area contributed by atoms with Crippen molar-refractivity contribution in [1.29, 1.82) is 0 Å². The summed E-state index contributed by atoms with van der Waals surface area (Å²) in [4.78, 5) is 28.3. The molecule has 1 aromatic carbocycles. The fraction of sp³-hybridized carbons (Fsp3) is 0.550. The molecule has 1 saturated heterocycles. The van der Waals surface area contributed by atoms with E-state index in [4.69, 9.17) is 12.2 Å². The monoisotopic (exact) mass is 390 g/mol. The molecule has 2 amide bonds. The molecule has 0 aromatic heterocycles. The first-order valence-electron chi connectivity index (χ1n) is 9.34. The van der Waals surface area contributed by atoms with Gasteiger partial charge in [0.1, 0.15) is 0 Å². The number of hydrogen-bond acceptors (Lipinski definition) is 4. The molecule has 2 N–H and O–H groups in total. The van der Waals surface area contributed by atoms with E-state index in [1.165, 1.54) is 0 Å². The first-order valence-corrected chi connectivity index (χ1v) is 9.75. The summed E-state index contributed by atoms with van der Waals surface area (Å²) in [6.07, 6.45) is 0. The lowest BCUT2D eigenvalue weighted by molar-refractivity contribution is -0.134. The summed E-state index contributed by atoms with van der Waals surface area (Å²) in [6, 6.07) is 7.93. The van der Waals surface area contributed by atoms with Crippen LogP contribution in [0.3, 0.4) is 0 Å². The first-order chi connectivity index (χ1) is 12.6. The lowest BCUT2D eigenvalue weighted by Crippen LogP contribution is -2.49. The maximum Gasteiger partial charge on any atom is 0.231 e. The van der Waals surface area contributed by atoms with Crippen molar-refractivity contribution in [2.24, 2.45) is 11.3 Å². The zero-order valence-corrected chi connectivity index (χ0v) is 17.7. The molecule has 0 saturated carbocycles. The van der Waals surface area contributed by atoms with Crippen LogP contribution in [0.2, 0.25) is 0 Å². The summed E-state index contributed by atoms with van der Waals surface area (Å²) in [5, 5.41) is 6.04. The molecule has 0 aliphatic carbocycles. The van der Waals surface area contributed by atoms with Gasteiger partial charge in [-0.2, -0.15) is 0 Å². The van der Waals surface area contributed by atoms with Crippen LogP contribution in [0.25, 0.3) is 0 Å². The van der Waals surface area contributed by atoms with Crippen molar-refractivity contribution in [3.63, 3.8) is 0 Å². The maximum absolute atomic E-state index is 12.1. The normalized spacial score (nSPS) is 14.9. The minimum atomic E-state index is -0.491. The van der Waals surface area contributed by atoms with E-state index in [1.54, 1.807) is 0 Å². The van der Waals surface area contributed by atoms with Crippen LogP contribution in [0.4, 0.5) is 11.4 Å². The summed E-state index contributed by atoms with van der Waals surface area (Å²) in [5.41, 5.74) is 1.45. The highest BCUT2D eigenvalue weighted by atomic mass is 32.1. The molecule has 0 spiro atoms. The molecule has 6 nitrogen and oxygen atoms in total. The molecule has 1 aromatic rings. The van der Waals surface area contributed by atoms with Crippen molar-refractivity contribution in [1.82, 2.24) is 10.2 Å². The van der Waals surface area contributed by atoms with Gasteiger partial charge < -0.3 is 20.4 Å². The number of carbonyl (C=O) groups is 2. The van der Waals surface area contributed by atoms with E-state index in [0.717, 1.165) is 37.6 Å². The van der Waals surface area contributed by atoms with E-state index < -0.39 is 5.41 Å². The Kier molecular flexibility index (Phi) is 6.81. The van der Waals surface area contributed by atoms with Gasteiger partial charge in [-0.25, -0.2) is 0 Å². The highest BCUT2D eigenvalue weighted by molar-refractivity contribution is 7.80. The van der Waals surface area contributed by atoms with Crippen LogP contribution in [-0.4, -0.2) is 48.0 Å². The van der Waals surface area contributed by atoms with Crippen molar-refractivity contribution >= 4 is 40.5 Å². The Morgan fingerprint density at radius 3 is 2.07 bits per heavy atom. The summed E-state index contributed by atoms with van der Waals surface area (Å²) in [7, 11) is 0. The molecule has 7 heteroatoms. The van der Waals surface area contributed by atoms with Crippen LogP contribution in [-0.2, 0) is 9.59 Å². The second-order valence-corrected chi connectivity index (χ2v) is 8.58. The third-order valence-corrected chi connectivity index (χ3v) is 4.69. The van der Waals surface area contributed by atoms with Gasteiger partial charge in [-0.1, -0.05) is 34.6 Å². The van der Waals surface area contributed by atoms with Crippen LogP contribution in [0.1, 0.15) is 34.6 Å². The maximum atomic E-state index is 12.1. The van der Waals surface area contributed by atoms with Crippen molar-refractivity contribution in [2.45, 2.75) is 34.6 Å². The number of hydrogen-bond donors (Lipinski definition) is 2. The van der Waals surface area contributed by atoms with Crippen molar-refractivity contribution < 1.29 is 9.59 Å². The van der Waals surface area contributed by atoms with Gasteiger partial charge in [-0.3, -0.25) is 9.59 Å². The summed E-state index contributed by atoms with van der Waals surface area (Å²) in [5.74, 6) is 0.148. The highest BCUT2D eigenvalue weighted by Crippen LogP contribution is 2.20. The van der Waals surface area contributed by atoms with Crippen molar-refractivity contribution in [3.05, 3.63) is 24.3 Å².